The molecule has 5 heterocycles. The van der Waals surface area contributed by atoms with Gasteiger partial charge in [-0.05, 0) is 38.2 Å². The number of H-pyrrole nitrogens is 1. The first-order valence-electron chi connectivity index (χ1n) is 9.89. The molecule has 0 spiro atoms. The van der Waals surface area contributed by atoms with E-state index in [1.54, 1.807) is 10.8 Å². The predicted molar refractivity (Wildman–Crippen MR) is 111 cm³/mol. The van der Waals surface area contributed by atoms with E-state index in [9.17, 15) is 0 Å². The van der Waals surface area contributed by atoms with E-state index in [0.29, 0.717) is 0 Å². The third kappa shape index (κ3) is 3.64. The van der Waals surface area contributed by atoms with Gasteiger partial charge in [-0.15, -0.1) is 0 Å². The van der Waals surface area contributed by atoms with Crippen LogP contribution in [-0.4, -0.2) is 72.6 Å². The fourth-order valence-electron chi connectivity index (χ4n) is 3.75. The van der Waals surface area contributed by atoms with Crippen LogP contribution in [0.1, 0.15) is 11.5 Å². The minimum atomic E-state index is 0.800. The minimum Gasteiger partial charge on any atom is -0.339 e. The highest BCUT2D eigenvalue weighted by Crippen LogP contribution is 2.30. The van der Waals surface area contributed by atoms with E-state index < -0.39 is 0 Å². The van der Waals surface area contributed by atoms with Crippen molar-refractivity contribution < 1.29 is 0 Å². The lowest BCUT2D eigenvalue weighted by Gasteiger charge is -2.31. The Balaban J connectivity index is 1.55. The molecule has 0 radical (unpaired) electrons. The largest absolute Gasteiger partial charge is 0.339 e. The molecule has 5 rings (SSSR count). The van der Waals surface area contributed by atoms with E-state index >= 15 is 0 Å². The molecule has 1 fully saturated rings. The van der Waals surface area contributed by atoms with Gasteiger partial charge in [-0.1, -0.05) is 6.07 Å². The second-order valence-electron chi connectivity index (χ2n) is 7.63. The highest BCUT2D eigenvalue weighted by molar-refractivity contribution is 5.78. The molecule has 4 aromatic rings. The van der Waals surface area contributed by atoms with E-state index in [2.05, 4.69) is 31.9 Å². The van der Waals surface area contributed by atoms with Crippen LogP contribution >= 0.6 is 0 Å². The number of nitrogens with zero attached hydrogens (tertiary/aromatic N) is 7. The van der Waals surface area contributed by atoms with Gasteiger partial charge in [0.1, 0.15) is 12.2 Å². The number of aromatic amines is 1. The summed E-state index contributed by atoms with van der Waals surface area (Å²) in [5, 5.41) is 4.19. The molecular weight excluding hydrogens is 364 g/mol. The van der Waals surface area contributed by atoms with E-state index in [1.165, 1.54) is 0 Å². The lowest BCUT2D eigenvalue weighted by molar-refractivity contribution is 0.146. The smallest absolute Gasteiger partial charge is 0.155 e. The van der Waals surface area contributed by atoms with Crippen molar-refractivity contribution in [1.29, 1.82) is 0 Å². The molecule has 29 heavy (non-hydrogen) atoms. The molecule has 0 aliphatic carbocycles. The van der Waals surface area contributed by atoms with Crippen LogP contribution in [0.25, 0.3) is 28.3 Å². The summed E-state index contributed by atoms with van der Waals surface area (Å²) < 4.78 is 1.76. The second kappa shape index (κ2) is 7.38. The predicted octanol–water partition coefficient (Wildman–Crippen LogP) is 2.24. The molecule has 0 unspecified atom stereocenters. The Kier molecular flexibility index (Phi) is 4.57. The molecule has 1 aliphatic rings. The molecular formula is C21H24N8. The number of rotatable bonds is 4. The minimum absolute atomic E-state index is 0.800. The summed E-state index contributed by atoms with van der Waals surface area (Å²) in [4.78, 5) is 22.4. The van der Waals surface area contributed by atoms with Gasteiger partial charge in [0.2, 0.25) is 0 Å². The van der Waals surface area contributed by atoms with Gasteiger partial charge in [-0.3, -0.25) is 9.88 Å². The third-order valence-electron chi connectivity index (χ3n) is 5.42. The summed E-state index contributed by atoms with van der Waals surface area (Å²) in [5.74, 6) is 0.962. The first-order chi connectivity index (χ1) is 14.2. The maximum atomic E-state index is 4.98. The zero-order chi connectivity index (χ0) is 19.8. The van der Waals surface area contributed by atoms with Gasteiger partial charge in [0.25, 0.3) is 0 Å². The molecule has 0 atom stereocenters. The van der Waals surface area contributed by atoms with Crippen LogP contribution < -0.4 is 0 Å². The van der Waals surface area contributed by atoms with Gasteiger partial charge in [0, 0.05) is 43.6 Å². The molecule has 0 saturated carbocycles. The van der Waals surface area contributed by atoms with Crippen molar-refractivity contribution in [2.24, 2.45) is 0 Å². The monoisotopic (exact) mass is 388 g/mol. The highest BCUT2D eigenvalue weighted by atomic mass is 15.3. The van der Waals surface area contributed by atoms with E-state index in [0.717, 1.165) is 72.5 Å². The number of imidazole rings is 1. The summed E-state index contributed by atoms with van der Waals surface area (Å²) in [6, 6.07) is 10.1. The molecule has 0 bridgehead atoms. The number of fused-ring (bicyclic) bond motifs is 1. The van der Waals surface area contributed by atoms with Crippen molar-refractivity contribution in [1.82, 2.24) is 39.3 Å². The van der Waals surface area contributed by atoms with Crippen molar-refractivity contribution in [3.63, 3.8) is 0 Å². The van der Waals surface area contributed by atoms with Crippen LogP contribution in [0.2, 0.25) is 0 Å². The van der Waals surface area contributed by atoms with E-state index in [-0.39, 0.29) is 0 Å². The molecule has 8 heteroatoms. The van der Waals surface area contributed by atoms with Crippen LogP contribution in [0.5, 0.6) is 0 Å². The van der Waals surface area contributed by atoms with Crippen LogP contribution in [0.15, 0.2) is 42.9 Å². The number of hydrogen-bond donors (Lipinski definition) is 1. The molecule has 148 valence electrons. The Morgan fingerprint density at radius 2 is 1.93 bits per heavy atom. The number of nitrogens with one attached hydrogen (secondary N) is 1. The molecule has 1 saturated heterocycles. The Morgan fingerprint density at radius 1 is 1.07 bits per heavy atom. The summed E-state index contributed by atoms with van der Waals surface area (Å²) in [6.07, 6.45) is 3.48. The number of aromatic nitrogens is 6. The summed E-state index contributed by atoms with van der Waals surface area (Å²) in [5.41, 5.74) is 5.54. The fraction of sp³-hybridized carbons (Fsp3) is 0.333. The van der Waals surface area contributed by atoms with Crippen molar-refractivity contribution in [3.8, 4) is 22.6 Å². The Hall–Kier alpha value is -3.10. The van der Waals surface area contributed by atoms with E-state index in [4.69, 9.17) is 9.97 Å². The van der Waals surface area contributed by atoms with E-state index in [1.807, 2.05) is 43.5 Å². The number of likely N-dealkylation sites (N-methyl/N-ethyl adjacent to an activating group) is 1. The maximum Gasteiger partial charge on any atom is 0.155 e. The Bertz CT molecular complexity index is 1140. The average Bonchev–Trinajstić information content (AvgIpc) is 3.36. The highest BCUT2D eigenvalue weighted by Gasteiger charge is 2.19. The zero-order valence-corrected chi connectivity index (χ0v) is 16.7. The van der Waals surface area contributed by atoms with Gasteiger partial charge in [-0.2, -0.15) is 5.10 Å². The average molecular weight is 388 g/mol. The van der Waals surface area contributed by atoms with Crippen LogP contribution in [0.4, 0.5) is 0 Å². The molecule has 4 aromatic heterocycles. The first-order valence-corrected chi connectivity index (χ1v) is 9.89. The van der Waals surface area contributed by atoms with Gasteiger partial charge < -0.3 is 9.88 Å². The van der Waals surface area contributed by atoms with Gasteiger partial charge in [0.15, 0.2) is 5.65 Å². The van der Waals surface area contributed by atoms with Crippen molar-refractivity contribution in [2.45, 2.75) is 13.5 Å². The zero-order valence-electron chi connectivity index (χ0n) is 16.7. The SMILES string of the molecule is Cc1cccc(-c2[nH]c(CN3CCN(C)CC3)nc2-c2ccn3ncnc3c2)n1. The lowest BCUT2D eigenvalue weighted by atomic mass is 10.1. The third-order valence-corrected chi connectivity index (χ3v) is 5.42. The lowest BCUT2D eigenvalue weighted by Crippen LogP contribution is -2.44. The van der Waals surface area contributed by atoms with Crippen molar-refractivity contribution in [2.75, 3.05) is 33.2 Å². The molecule has 1 N–H and O–H groups in total. The van der Waals surface area contributed by atoms with Crippen molar-refractivity contribution in [3.05, 3.63) is 54.4 Å². The number of piperazine rings is 1. The maximum absolute atomic E-state index is 4.98. The first kappa shape index (κ1) is 18.0. The number of pyridine rings is 2. The van der Waals surface area contributed by atoms with Crippen LogP contribution in [0, 0.1) is 6.92 Å². The van der Waals surface area contributed by atoms with Crippen LogP contribution in [0.3, 0.4) is 0 Å². The second-order valence-corrected chi connectivity index (χ2v) is 7.63. The molecule has 8 nitrogen and oxygen atoms in total. The molecule has 0 amide bonds. The number of aryl methyl sites for hydroxylation is 1. The Morgan fingerprint density at radius 3 is 2.76 bits per heavy atom. The van der Waals surface area contributed by atoms with Crippen LogP contribution in [-0.2, 0) is 6.54 Å². The standard InChI is InChI=1S/C21H24N8/c1-15-4-3-5-17(24-15)21-20(16-6-7-29-19(12-16)22-14-23-29)25-18(26-21)13-28-10-8-27(2)9-11-28/h3-7,12,14H,8-11,13H2,1-2H3,(H,25,26). The summed E-state index contributed by atoms with van der Waals surface area (Å²) in [6.45, 7) is 7.09. The summed E-state index contributed by atoms with van der Waals surface area (Å²) in [7, 11) is 2.17. The van der Waals surface area contributed by atoms with Gasteiger partial charge >= 0.3 is 0 Å². The molecule has 1 aliphatic heterocycles. The molecule has 0 aromatic carbocycles. The topological polar surface area (TPSA) is 78.2 Å². The summed E-state index contributed by atoms with van der Waals surface area (Å²) >= 11 is 0. The fourth-order valence-corrected chi connectivity index (χ4v) is 3.75. The quantitative estimate of drug-likeness (QED) is 0.578. The normalized spacial score (nSPS) is 15.9. The Labute approximate surface area is 169 Å². The van der Waals surface area contributed by atoms with Gasteiger partial charge in [-0.25, -0.2) is 14.5 Å². The number of hydrogen-bond acceptors (Lipinski definition) is 6. The van der Waals surface area contributed by atoms with Crippen molar-refractivity contribution >= 4 is 5.65 Å². The van der Waals surface area contributed by atoms with Gasteiger partial charge in [0.05, 0.1) is 23.6 Å².